The van der Waals surface area contributed by atoms with E-state index in [0.29, 0.717) is 56.4 Å². The van der Waals surface area contributed by atoms with Gasteiger partial charge in [-0.2, -0.15) is 0 Å². The van der Waals surface area contributed by atoms with Crippen molar-refractivity contribution in [3.05, 3.63) is 23.2 Å². The summed E-state index contributed by atoms with van der Waals surface area (Å²) in [6, 6.07) is 4.22. The monoisotopic (exact) mass is 443 g/mol. The number of ether oxygens (including phenoxy) is 1. The van der Waals surface area contributed by atoms with Crippen LogP contribution in [0.1, 0.15) is 39.5 Å². The van der Waals surface area contributed by atoms with Gasteiger partial charge in [-0.1, -0.05) is 25.4 Å². The minimum absolute atomic E-state index is 0.0544. The summed E-state index contributed by atoms with van der Waals surface area (Å²) in [5.74, 6) is 0.467. The summed E-state index contributed by atoms with van der Waals surface area (Å²) in [5, 5.41) is 0.325. The number of hydrogen-bond donors (Lipinski definition) is 2. The third-order valence-corrected chi connectivity index (χ3v) is 7.76. The number of nitrogens with two attached hydrogens (primary N) is 1. The highest BCUT2D eigenvalue weighted by Crippen LogP contribution is 2.30. The summed E-state index contributed by atoms with van der Waals surface area (Å²) >= 11 is 5.88. The minimum Gasteiger partial charge on any atom is -0.397 e. The minimum atomic E-state index is -3.68. The standard InChI is InChI=1S/C20H30ClN3O4S/c1-13(2)19-12-28-10-9-24(19)20(25)14-3-5-15(6-4-14)23-29(26,27)16-7-8-17(21)18(22)11-16/h7-8,11,13-15,19,23H,3-6,9-10,12,22H2,1-2H3/t14?,15?,19-/m1/s1. The molecule has 1 atom stereocenters. The molecule has 0 bridgehead atoms. The summed E-state index contributed by atoms with van der Waals surface area (Å²) in [4.78, 5) is 15.1. The molecule has 3 N–H and O–H groups in total. The van der Waals surface area contributed by atoms with E-state index >= 15 is 0 Å². The number of carbonyl (C=O) groups is 1. The van der Waals surface area contributed by atoms with Gasteiger partial charge < -0.3 is 15.4 Å². The molecule has 1 aromatic carbocycles. The molecule has 0 spiro atoms. The quantitative estimate of drug-likeness (QED) is 0.681. The van der Waals surface area contributed by atoms with Crippen LogP contribution in [0, 0.1) is 11.8 Å². The predicted molar refractivity (Wildman–Crippen MR) is 113 cm³/mol. The second-order valence-corrected chi connectivity index (χ2v) is 10.4. The van der Waals surface area contributed by atoms with Crippen LogP contribution in [0.15, 0.2) is 23.1 Å². The molecule has 1 amide bonds. The van der Waals surface area contributed by atoms with Crippen LogP contribution in [0.2, 0.25) is 5.02 Å². The molecule has 1 aliphatic carbocycles. The summed E-state index contributed by atoms with van der Waals surface area (Å²) in [5.41, 5.74) is 5.96. The Morgan fingerprint density at radius 3 is 2.59 bits per heavy atom. The van der Waals surface area contributed by atoms with Crippen molar-refractivity contribution in [2.75, 3.05) is 25.5 Å². The predicted octanol–water partition coefficient (Wildman–Crippen LogP) is 2.64. The van der Waals surface area contributed by atoms with Gasteiger partial charge in [-0.25, -0.2) is 13.1 Å². The Morgan fingerprint density at radius 1 is 1.28 bits per heavy atom. The fraction of sp³-hybridized carbons (Fsp3) is 0.650. The normalized spacial score (nSPS) is 25.9. The molecule has 29 heavy (non-hydrogen) atoms. The summed E-state index contributed by atoms with van der Waals surface area (Å²) in [7, 11) is -3.68. The van der Waals surface area contributed by atoms with Crippen LogP contribution in [0.4, 0.5) is 5.69 Å². The average Bonchev–Trinajstić information content (AvgIpc) is 2.69. The molecule has 1 aromatic rings. The van der Waals surface area contributed by atoms with Crippen LogP contribution in [0.5, 0.6) is 0 Å². The van der Waals surface area contributed by atoms with Crippen molar-refractivity contribution in [3.8, 4) is 0 Å². The SMILES string of the molecule is CC(C)[C@H]1COCCN1C(=O)C1CCC(NS(=O)(=O)c2ccc(Cl)c(N)c2)CC1. The Hall–Kier alpha value is -1.35. The van der Waals surface area contributed by atoms with E-state index in [4.69, 9.17) is 22.1 Å². The summed E-state index contributed by atoms with van der Waals surface area (Å²) in [6.45, 7) is 6.01. The lowest BCUT2D eigenvalue weighted by Crippen LogP contribution is -2.53. The molecule has 0 unspecified atom stereocenters. The number of carbonyl (C=O) groups excluding carboxylic acids is 1. The zero-order chi connectivity index (χ0) is 21.2. The van der Waals surface area contributed by atoms with Crippen LogP contribution in [0.25, 0.3) is 0 Å². The maximum Gasteiger partial charge on any atom is 0.240 e. The van der Waals surface area contributed by atoms with Crippen LogP contribution in [-0.2, 0) is 19.6 Å². The molecule has 1 saturated carbocycles. The van der Waals surface area contributed by atoms with Crippen molar-refractivity contribution < 1.29 is 17.9 Å². The highest BCUT2D eigenvalue weighted by atomic mass is 35.5. The van der Waals surface area contributed by atoms with Gasteiger partial charge in [-0.3, -0.25) is 4.79 Å². The van der Waals surface area contributed by atoms with Crippen LogP contribution in [-0.4, -0.2) is 51.1 Å². The van der Waals surface area contributed by atoms with Crippen LogP contribution < -0.4 is 10.5 Å². The third-order valence-electron chi connectivity index (χ3n) is 5.89. The van der Waals surface area contributed by atoms with E-state index in [9.17, 15) is 13.2 Å². The number of benzene rings is 1. The molecule has 2 fully saturated rings. The van der Waals surface area contributed by atoms with E-state index in [1.165, 1.54) is 18.2 Å². The molecule has 0 aromatic heterocycles. The van der Waals surface area contributed by atoms with E-state index in [2.05, 4.69) is 18.6 Å². The molecule has 0 radical (unpaired) electrons. The maximum atomic E-state index is 13.1. The van der Waals surface area contributed by atoms with Crippen molar-refractivity contribution in [3.63, 3.8) is 0 Å². The smallest absolute Gasteiger partial charge is 0.240 e. The van der Waals surface area contributed by atoms with Gasteiger partial charge >= 0.3 is 0 Å². The van der Waals surface area contributed by atoms with Crippen molar-refractivity contribution in [2.45, 2.75) is 56.5 Å². The first-order valence-electron chi connectivity index (χ1n) is 10.1. The number of anilines is 1. The van der Waals surface area contributed by atoms with Crippen molar-refractivity contribution in [1.82, 2.24) is 9.62 Å². The molecule has 7 nitrogen and oxygen atoms in total. The van der Waals surface area contributed by atoms with Gasteiger partial charge in [0.25, 0.3) is 0 Å². The number of rotatable bonds is 5. The molecule has 9 heteroatoms. The Morgan fingerprint density at radius 2 is 1.97 bits per heavy atom. The van der Waals surface area contributed by atoms with Gasteiger partial charge in [0.05, 0.1) is 34.9 Å². The Bertz CT molecular complexity index is 838. The highest BCUT2D eigenvalue weighted by molar-refractivity contribution is 7.89. The zero-order valence-corrected chi connectivity index (χ0v) is 18.5. The number of nitrogens with one attached hydrogen (secondary N) is 1. The number of nitrogen functional groups attached to an aromatic ring is 1. The Labute approximate surface area is 178 Å². The molecule has 1 heterocycles. The summed E-state index contributed by atoms with van der Waals surface area (Å²) in [6.07, 6.45) is 2.62. The van der Waals surface area contributed by atoms with Crippen molar-refractivity contribution in [1.29, 1.82) is 0 Å². The molecule has 162 valence electrons. The molecule has 3 rings (SSSR count). The highest BCUT2D eigenvalue weighted by Gasteiger charge is 2.36. The molecular weight excluding hydrogens is 414 g/mol. The van der Waals surface area contributed by atoms with Gasteiger partial charge in [0, 0.05) is 18.5 Å². The number of sulfonamides is 1. The van der Waals surface area contributed by atoms with Crippen LogP contribution >= 0.6 is 11.6 Å². The van der Waals surface area contributed by atoms with Crippen LogP contribution in [0.3, 0.4) is 0 Å². The number of hydrogen-bond acceptors (Lipinski definition) is 5. The zero-order valence-electron chi connectivity index (χ0n) is 16.9. The second-order valence-electron chi connectivity index (χ2n) is 8.27. The third kappa shape index (κ3) is 5.23. The van der Waals surface area contributed by atoms with Gasteiger partial charge in [0.1, 0.15) is 0 Å². The topological polar surface area (TPSA) is 102 Å². The Balaban J connectivity index is 1.58. The fourth-order valence-corrected chi connectivity index (χ4v) is 5.58. The van der Waals surface area contributed by atoms with Gasteiger partial charge in [0.2, 0.25) is 15.9 Å². The number of nitrogens with zero attached hydrogens (tertiary/aromatic N) is 1. The van der Waals surface area contributed by atoms with Gasteiger partial charge in [-0.15, -0.1) is 0 Å². The van der Waals surface area contributed by atoms with Gasteiger partial charge in [-0.05, 0) is 49.8 Å². The van der Waals surface area contributed by atoms with E-state index in [1.54, 1.807) is 0 Å². The average molecular weight is 444 g/mol. The lowest BCUT2D eigenvalue weighted by molar-refractivity contribution is -0.147. The van der Waals surface area contributed by atoms with E-state index in [-0.39, 0.29) is 34.5 Å². The van der Waals surface area contributed by atoms with Crippen molar-refractivity contribution >= 4 is 33.2 Å². The fourth-order valence-electron chi connectivity index (χ4n) is 4.12. The van der Waals surface area contributed by atoms with Gasteiger partial charge in [0.15, 0.2) is 0 Å². The first kappa shape index (κ1) is 22.3. The summed E-state index contributed by atoms with van der Waals surface area (Å²) < 4.78 is 33.6. The first-order chi connectivity index (χ1) is 13.7. The van der Waals surface area contributed by atoms with E-state index < -0.39 is 10.0 Å². The number of halogens is 1. The lowest BCUT2D eigenvalue weighted by atomic mass is 9.85. The van der Waals surface area contributed by atoms with E-state index in [0.717, 1.165) is 0 Å². The molecular formula is C20H30ClN3O4S. The Kier molecular flexibility index (Phi) is 7.09. The lowest BCUT2D eigenvalue weighted by Gasteiger charge is -2.41. The largest absolute Gasteiger partial charge is 0.397 e. The second kappa shape index (κ2) is 9.20. The maximum absolute atomic E-state index is 13.1. The van der Waals surface area contributed by atoms with Crippen molar-refractivity contribution in [2.24, 2.45) is 11.8 Å². The molecule has 1 saturated heterocycles. The van der Waals surface area contributed by atoms with E-state index in [1.807, 2.05) is 4.90 Å². The molecule has 1 aliphatic heterocycles. The first-order valence-corrected chi connectivity index (χ1v) is 12.0. The number of amides is 1. The molecule has 2 aliphatic rings. The number of morpholine rings is 1.